The maximum atomic E-state index is 11.8. The molecule has 1 aromatic carbocycles. The third-order valence-corrected chi connectivity index (χ3v) is 4.24. The molecule has 1 N–H and O–H groups in total. The molecule has 1 saturated carbocycles. The van der Waals surface area contributed by atoms with Crippen molar-refractivity contribution in [3.63, 3.8) is 0 Å². The molecule has 0 radical (unpaired) electrons. The van der Waals surface area contributed by atoms with Gasteiger partial charge in [-0.3, -0.25) is 0 Å². The number of esters is 1. The van der Waals surface area contributed by atoms with Crippen LogP contribution < -0.4 is 5.32 Å². The molecule has 3 nitrogen and oxygen atoms in total. The third-order valence-electron chi connectivity index (χ3n) is 3.02. The Kier molecular flexibility index (Phi) is 4.65. The summed E-state index contributed by atoms with van der Waals surface area (Å²) in [7, 11) is 1.40. The van der Waals surface area contributed by atoms with E-state index in [-0.39, 0.29) is 5.97 Å². The Labute approximate surface area is 120 Å². The maximum absolute atomic E-state index is 11.8. The van der Waals surface area contributed by atoms with Crippen molar-refractivity contribution in [1.82, 2.24) is 5.32 Å². The molecule has 1 unspecified atom stereocenters. The molecular formula is C13H15BrClNO2. The van der Waals surface area contributed by atoms with Gasteiger partial charge in [0.1, 0.15) is 6.04 Å². The molecule has 0 aliphatic heterocycles. The van der Waals surface area contributed by atoms with E-state index < -0.39 is 6.04 Å². The molecule has 1 fully saturated rings. The van der Waals surface area contributed by atoms with Gasteiger partial charge >= 0.3 is 5.97 Å². The summed E-state index contributed by atoms with van der Waals surface area (Å²) in [5, 5.41) is 3.89. The number of hydrogen-bond donors (Lipinski definition) is 1. The molecule has 0 saturated heterocycles. The van der Waals surface area contributed by atoms with Crippen molar-refractivity contribution in [1.29, 1.82) is 0 Å². The number of rotatable bonds is 5. The lowest BCUT2D eigenvalue weighted by Crippen LogP contribution is -2.31. The molecule has 0 bridgehead atoms. The lowest BCUT2D eigenvalue weighted by atomic mass is 10.1. The normalized spacial score (nSPS) is 16.4. The molecular weight excluding hydrogens is 318 g/mol. The van der Waals surface area contributed by atoms with E-state index in [0.717, 1.165) is 16.6 Å². The van der Waals surface area contributed by atoms with E-state index >= 15 is 0 Å². The molecule has 2 rings (SSSR count). The fourth-order valence-electron chi connectivity index (χ4n) is 1.75. The van der Waals surface area contributed by atoms with Gasteiger partial charge in [-0.1, -0.05) is 17.7 Å². The summed E-state index contributed by atoms with van der Waals surface area (Å²) < 4.78 is 5.62. The first kappa shape index (κ1) is 13.8. The van der Waals surface area contributed by atoms with Gasteiger partial charge in [0, 0.05) is 4.47 Å². The first-order valence-electron chi connectivity index (χ1n) is 5.88. The number of halogens is 2. The van der Waals surface area contributed by atoms with E-state index in [4.69, 9.17) is 16.3 Å². The highest BCUT2D eigenvalue weighted by atomic mass is 79.9. The van der Waals surface area contributed by atoms with Crippen LogP contribution in [0.4, 0.5) is 0 Å². The van der Waals surface area contributed by atoms with Crippen LogP contribution in [0, 0.1) is 5.92 Å². The highest BCUT2D eigenvalue weighted by Gasteiger charge is 2.26. The predicted molar refractivity (Wildman–Crippen MR) is 74.6 cm³/mol. The molecule has 98 valence electrons. The largest absolute Gasteiger partial charge is 0.468 e. The standard InChI is InChI=1S/C13H15BrClNO2/c1-18-13(17)12(16-7-8-2-3-8)9-4-5-11(15)10(14)6-9/h4-6,8,12,16H,2-3,7H2,1H3. The smallest absolute Gasteiger partial charge is 0.327 e. The lowest BCUT2D eigenvalue weighted by molar-refractivity contribution is -0.143. The highest BCUT2D eigenvalue weighted by Crippen LogP contribution is 2.30. The molecule has 1 aliphatic rings. The summed E-state index contributed by atoms with van der Waals surface area (Å²) in [5.74, 6) is 0.428. The monoisotopic (exact) mass is 331 g/mol. The molecule has 18 heavy (non-hydrogen) atoms. The van der Waals surface area contributed by atoms with Crippen molar-refractivity contribution < 1.29 is 9.53 Å². The van der Waals surface area contributed by atoms with E-state index in [0.29, 0.717) is 10.9 Å². The Morgan fingerprint density at radius 3 is 2.89 bits per heavy atom. The Bertz CT molecular complexity index is 449. The molecule has 0 heterocycles. The topological polar surface area (TPSA) is 38.3 Å². The van der Waals surface area contributed by atoms with Gasteiger partial charge in [-0.25, -0.2) is 4.79 Å². The van der Waals surface area contributed by atoms with Crippen LogP contribution in [0.25, 0.3) is 0 Å². The van der Waals surface area contributed by atoms with Crippen LogP contribution >= 0.6 is 27.5 Å². The summed E-state index contributed by atoms with van der Waals surface area (Å²) in [5.41, 5.74) is 0.860. The summed E-state index contributed by atoms with van der Waals surface area (Å²) in [4.78, 5) is 11.8. The van der Waals surface area contributed by atoms with Crippen LogP contribution in [0.15, 0.2) is 22.7 Å². The minimum absolute atomic E-state index is 0.273. The SMILES string of the molecule is COC(=O)C(NCC1CC1)c1ccc(Cl)c(Br)c1. The number of methoxy groups -OCH3 is 1. The zero-order chi connectivity index (χ0) is 13.1. The molecule has 1 aromatic rings. The molecule has 1 atom stereocenters. The van der Waals surface area contributed by atoms with Gasteiger partial charge in [-0.05, 0) is 58.9 Å². The van der Waals surface area contributed by atoms with Crippen molar-refractivity contribution >= 4 is 33.5 Å². The van der Waals surface area contributed by atoms with E-state index in [1.807, 2.05) is 12.1 Å². The molecule has 5 heteroatoms. The second kappa shape index (κ2) is 6.04. The number of ether oxygens (including phenoxy) is 1. The Morgan fingerprint density at radius 1 is 1.61 bits per heavy atom. The first-order valence-corrected chi connectivity index (χ1v) is 7.05. The zero-order valence-electron chi connectivity index (χ0n) is 10.1. The summed E-state index contributed by atoms with van der Waals surface area (Å²) >= 11 is 9.32. The lowest BCUT2D eigenvalue weighted by Gasteiger charge is -2.17. The fraction of sp³-hybridized carbons (Fsp3) is 0.462. The predicted octanol–water partition coefficient (Wildman–Crippen LogP) is 3.32. The number of nitrogens with one attached hydrogen (secondary N) is 1. The average molecular weight is 333 g/mol. The summed E-state index contributed by atoms with van der Waals surface area (Å²) in [6, 6.07) is 5.04. The minimum atomic E-state index is -0.427. The zero-order valence-corrected chi connectivity index (χ0v) is 12.4. The molecule has 0 spiro atoms. The first-order chi connectivity index (χ1) is 8.61. The van der Waals surface area contributed by atoms with E-state index in [1.54, 1.807) is 6.07 Å². The van der Waals surface area contributed by atoms with E-state index in [1.165, 1.54) is 20.0 Å². The fourth-order valence-corrected chi connectivity index (χ4v) is 2.27. The van der Waals surface area contributed by atoms with Crippen LogP contribution in [0.2, 0.25) is 5.02 Å². The van der Waals surface area contributed by atoms with Gasteiger partial charge in [0.05, 0.1) is 12.1 Å². The second-order valence-corrected chi connectivity index (χ2v) is 5.74. The average Bonchev–Trinajstić information content (AvgIpc) is 3.17. The Balaban J connectivity index is 2.14. The number of carbonyl (C=O) groups is 1. The van der Waals surface area contributed by atoms with Crippen molar-refractivity contribution in [3.8, 4) is 0 Å². The molecule has 1 aliphatic carbocycles. The van der Waals surface area contributed by atoms with E-state index in [2.05, 4.69) is 21.2 Å². The quantitative estimate of drug-likeness (QED) is 0.841. The van der Waals surface area contributed by atoms with Gasteiger partial charge in [0.2, 0.25) is 0 Å². The molecule has 0 aromatic heterocycles. The van der Waals surface area contributed by atoms with Crippen LogP contribution in [0.1, 0.15) is 24.4 Å². The summed E-state index contributed by atoms with van der Waals surface area (Å²) in [6.07, 6.45) is 2.48. The Hall–Kier alpha value is -0.580. The van der Waals surface area contributed by atoms with E-state index in [9.17, 15) is 4.79 Å². The third kappa shape index (κ3) is 3.46. The van der Waals surface area contributed by atoms with Gasteiger partial charge in [0.15, 0.2) is 0 Å². The number of benzene rings is 1. The van der Waals surface area contributed by atoms with Crippen LogP contribution in [-0.2, 0) is 9.53 Å². The molecule has 0 amide bonds. The van der Waals surface area contributed by atoms with Crippen molar-refractivity contribution in [2.45, 2.75) is 18.9 Å². The number of hydrogen-bond acceptors (Lipinski definition) is 3. The number of carbonyl (C=O) groups excluding carboxylic acids is 1. The van der Waals surface area contributed by atoms with Crippen molar-refractivity contribution in [2.75, 3.05) is 13.7 Å². The van der Waals surface area contributed by atoms with Crippen LogP contribution in [-0.4, -0.2) is 19.6 Å². The van der Waals surface area contributed by atoms with Crippen molar-refractivity contribution in [2.24, 2.45) is 5.92 Å². The van der Waals surface area contributed by atoms with Crippen molar-refractivity contribution in [3.05, 3.63) is 33.3 Å². The van der Waals surface area contributed by atoms with Gasteiger partial charge < -0.3 is 10.1 Å². The minimum Gasteiger partial charge on any atom is -0.468 e. The van der Waals surface area contributed by atoms with Gasteiger partial charge in [-0.15, -0.1) is 0 Å². The van der Waals surface area contributed by atoms with Gasteiger partial charge in [-0.2, -0.15) is 0 Å². The van der Waals surface area contributed by atoms with Crippen LogP contribution in [0.5, 0.6) is 0 Å². The second-order valence-electron chi connectivity index (χ2n) is 4.48. The van der Waals surface area contributed by atoms with Gasteiger partial charge in [0.25, 0.3) is 0 Å². The maximum Gasteiger partial charge on any atom is 0.327 e. The summed E-state index contributed by atoms with van der Waals surface area (Å²) in [6.45, 7) is 0.847. The highest BCUT2D eigenvalue weighted by molar-refractivity contribution is 9.10. The Morgan fingerprint density at radius 2 is 2.33 bits per heavy atom. The van der Waals surface area contributed by atoms with Crippen LogP contribution in [0.3, 0.4) is 0 Å².